The van der Waals surface area contributed by atoms with E-state index in [2.05, 4.69) is 116 Å². The van der Waals surface area contributed by atoms with Crippen molar-refractivity contribution in [3.05, 3.63) is 127 Å². The summed E-state index contributed by atoms with van der Waals surface area (Å²) in [5, 5.41) is 2.55. The Kier molecular flexibility index (Phi) is 7.05. The Hall–Kier alpha value is -3.59. The van der Waals surface area contributed by atoms with E-state index in [1.165, 1.54) is 32.9 Å². The molecule has 0 aliphatic carbocycles. The molecular weight excluding hydrogens is 655 g/mol. The van der Waals surface area contributed by atoms with Gasteiger partial charge in [0.25, 0.3) is 0 Å². The zero-order valence-electron chi connectivity index (χ0n) is 22.9. The van der Waals surface area contributed by atoms with Crippen LogP contribution >= 0.6 is 0 Å². The van der Waals surface area contributed by atoms with Gasteiger partial charge in [-0.3, -0.25) is 0 Å². The molecule has 0 radical (unpaired) electrons. The molecule has 6 aromatic rings. The van der Waals surface area contributed by atoms with E-state index in [1.807, 2.05) is 42.5 Å². The van der Waals surface area contributed by atoms with E-state index in [-0.39, 0.29) is 31.1 Å². The molecule has 4 aromatic carbocycles. The number of fused-ring (bicyclic) bond motifs is 4. The molecule has 194 valence electrons. The van der Waals surface area contributed by atoms with Gasteiger partial charge < -0.3 is 14.1 Å². The van der Waals surface area contributed by atoms with Gasteiger partial charge in [-0.2, -0.15) is 12.1 Å². The summed E-state index contributed by atoms with van der Waals surface area (Å²) in [5.41, 5.74) is 8.19. The van der Waals surface area contributed by atoms with Crippen molar-refractivity contribution in [3.8, 4) is 16.9 Å². The molecule has 0 spiro atoms. The van der Waals surface area contributed by atoms with Crippen molar-refractivity contribution in [3.63, 3.8) is 0 Å². The average molecular weight is 686 g/mol. The minimum Gasteiger partial charge on any atom is -0.341 e. The summed E-state index contributed by atoms with van der Waals surface area (Å²) in [6.45, 7) is 11.4. The van der Waals surface area contributed by atoms with Crippen LogP contribution in [0.2, 0.25) is 0 Å². The van der Waals surface area contributed by atoms with Crippen LogP contribution in [0.1, 0.15) is 45.7 Å². The number of hydrogen-bond acceptors (Lipinski definition) is 1. The van der Waals surface area contributed by atoms with Crippen LogP contribution in [0.15, 0.2) is 97.2 Å². The van der Waals surface area contributed by atoms with Gasteiger partial charge in [0.15, 0.2) is 0 Å². The van der Waals surface area contributed by atoms with Crippen LogP contribution in [-0.4, -0.2) is 9.55 Å². The predicted octanol–water partition coefficient (Wildman–Crippen LogP) is 7.61. The molecule has 0 fully saturated rings. The smallest absolute Gasteiger partial charge is 0.341 e. The third-order valence-electron chi connectivity index (χ3n) is 7.35. The zero-order chi connectivity index (χ0) is 26.5. The largest absolute Gasteiger partial charge is 3.00 e. The van der Waals surface area contributed by atoms with Crippen LogP contribution in [0.25, 0.3) is 38.8 Å². The zero-order valence-corrected chi connectivity index (χ0v) is 25.3. The van der Waals surface area contributed by atoms with Gasteiger partial charge in [0.1, 0.15) is 0 Å². The van der Waals surface area contributed by atoms with Crippen molar-refractivity contribution >= 4 is 21.8 Å². The quantitative estimate of drug-likeness (QED) is 0.129. The van der Waals surface area contributed by atoms with Crippen molar-refractivity contribution in [2.75, 3.05) is 0 Å². The molecule has 0 saturated heterocycles. The number of nitrogens with zero attached hydrogens (tertiary/aromatic N) is 3. The van der Waals surface area contributed by atoms with Crippen molar-refractivity contribution in [1.82, 2.24) is 9.55 Å². The van der Waals surface area contributed by atoms with E-state index >= 15 is 0 Å². The van der Waals surface area contributed by atoms with Gasteiger partial charge >= 0.3 is 20.1 Å². The van der Waals surface area contributed by atoms with Gasteiger partial charge in [0.2, 0.25) is 6.33 Å². The fraction of sp³-hybridized carbons (Fsp3) is 0.200. The number of para-hydroxylation sites is 1. The first kappa shape index (κ1) is 27.0. The molecule has 1 aliphatic heterocycles. The molecule has 3 nitrogen and oxygen atoms in total. The van der Waals surface area contributed by atoms with Gasteiger partial charge in [0.05, 0.1) is 16.6 Å². The van der Waals surface area contributed by atoms with Crippen molar-refractivity contribution in [2.24, 2.45) is 0 Å². The molecule has 0 saturated carbocycles. The Morgan fingerprint density at radius 2 is 1.62 bits per heavy atom. The van der Waals surface area contributed by atoms with E-state index in [0.717, 1.165) is 16.9 Å². The van der Waals surface area contributed by atoms with Crippen molar-refractivity contribution in [1.29, 1.82) is 0 Å². The molecule has 1 aliphatic rings. The molecule has 3 heterocycles. The monoisotopic (exact) mass is 686 g/mol. The van der Waals surface area contributed by atoms with Crippen molar-refractivity contribution < 1.29 is 24.7 Å². The molecule has 7 rings (SSSR count). The number of pyridine rings is 1. The molecule has 2 aromatic heterocycles. The number of hydrogen-bond donors (Lipinski definition) is 0. The van der Waals surface area contributed by atoms with Crippen LogP contribution in [-0.2, 0) is 31.1 Å². The fourth-order valence-electron chi connectivity index (χ4n) is 5.54. The van der Waals surface area contributed by atoms with E-state index in [4.69, 9.17) is 0 Å². The molecule has 0 amide bonds. The average Bonchev–Trinajstić information content (AvgIpc) is 3.34. The minimum absolute atomic E-state index is 0. The Bertz CT molecular complexity index is 1720. The van der Waals surface area contributed by atoms with Crippen LogP contribution in [0.3, 0.4) is 0 Å². The van der Waals surface area contributed by atoms with Crippen LogP contribution < -0.4 is 4.57 Å². The summed E-state index contributed by atoms with van der Waals surface area (Å²) < 4.78 is 4.49. The number of imidazole rings is 1. The molecular formula is C35H31IrN3+. The third kappa shape index (κ3) is 4.62. The summed E-state index contributed by atoms with van der Waals surface area (Å²) in [7, 11) is 0. The van der Waals surface area contributed by atoms with Crippen molar-refractivity contribution in [2.45, 2.75) is 45.6 Å². The summed E-state index contributed by atoms with van der Waals surface area (Å²) >= 11 is 0. The Morgan fingerprint density at radius 1 is 0.846 bits per heavy atom. The van der Waals surface area contributed by atoms with Gasteiger partial charge in [0, 0.05) is 6.20 Å². The minimum atomic E-state index is -0.0931. The fourth-order valence-corrected chi connectivity index (χ4v) is 5.54. The standard InChI is InChI=1S/C24H23N2.C11H8N.Ir/c1-23(2,3)26-15-25-19-14-13-16-9-6-7-10-17(16)21(19)24(4,5)18-11-8-12-20(26)22(18)25;1-2-6-10(7-3-1)11-8-4-5-9-12-11;/h6-13H,1-5H3;1-6,8-9H;/q2*-1;+3. The topological polar surface area (TPSA) is 21.7 Å². The summed E-state index contributed by atoms with van der Waals surface area (Å²) in [4.78, 5) is 4.22. The Morgan fingerprint density at radius 3 is 2.33 bits per heavy atom. The Labute approximate surface area is 244 Å². The van der Waals surface area contributed by atoms with E-state index in [1.54, 1.807) is 6.20 Å². The summed E-state index contributed by atoms with van der Waals surface area (Å²) in [6.07, 6.45) is 5.42. The molecule has 0 bridgehead atoms. The maximum absolute atomic E-state index is 4.22. The molecule has 0 unspecified atom stereocenters. The first-order valence-electron chi connectivity index (χ1n) is 13.1. The summed E-state index contributed by atoms with van der Waals surface area (Å²) in [6, 6.07) is 37.8. The number of aromatic nitrogens is 3. The van der Waals surface area contributed by atoms with Gasteiger partial charge in [-0.1, -0.05) is 73.6 Å². The first-order chi connectivity index (χ1) is 18.3. The number of benzene rings is 4. The van der Waals surface area contributed by atoms with E-state index < -0.39 is 0 Å². The second-order valence-corrected chi connectivity index (χ2v) is 11.3. The third-order valence-corrected chi connectivity index (χ3v) is 7.35. The van der Waals surface area contributed by atoms with Crippen LogP contribution in [0.4, 0.5) is 0 Å². The normalized spacial score (nSPS) is 13.3. The van der Waals surface area contributed by atoms with E-state index in [0.29, 0.717) is 0 Å². The second-order valence-electron chi connectivity index (χ2n) is 11.3. The molecule has 4 heteroatoms. The molecule has 0 atom stereocenters. The maximum Gasteiger partial charge on any atom is 3.00 e. The van der Waals surface area contributed by atoms with E-state index in [9.17, 15) is 0 Å². The second kappa shape index (κ2) is 10.2. The van der Waals surface area contributed by atoms with Gasteiger partial charge in [-0.15, -0.1) is 58.3 Å². The predicted molar refractivity (Wildman–Crippen MR) is 154 cm³/mol. The summed E-state index contributed by atoms with van der Waals surface area (Å²) in [5.74, 6) is 0. The first-order valence-corrected chi connectivity index (χ1v) is 13.1. The molecule has 0 N–H and O–H groups in total. The van der Waals surface area contributed by atoms with Gasteiger partial charge in [-0.05, 0) is 37.9 Å². The maximum atomic E-state index is 4.22. The number of rotatable bonds is 1. The Balaban J connectivity index is 0.000000200. The van der Waals surface area contributed by atoms with Crippen LogP contribution in [0.5, 0.6) is 0 Å². The SMILES string of the molecule is CC1(C)c2c([c-]cc3ccccc23)-[n+]2[c-]n(C(C)(C)C)c3cccc1c32.[Ir+3].[c-]1ccccc1-c1ccccn1. The van der Waals surface area contributed by atoms with Crippen LogP contribution in [0, 0.1) is 18.5 Å². The molecule has 39 heavy (non-hydrogen) atoms. The van der Waals surface area contributed by atoms with Gasteiger partial charge in [-0.25, -0.2) is 0 Å².